The Morgan fingerprint density at radius 1 is 1.47 bits per heavy atom. The molecule has 3 N–H and O–H groups in total. The Labute approximate surface area is 113 Å². The smallest absolute Gasteiger partial charge is 0.145 e. The van der Waals surface area contributed by atoms with E-state index in [0.717, 1.165) is 32.5 Å². The maximum atomic E-state index is 9.97. The highest BCUT2D eigenvalue weighted by molar-refractivity contribution is 5.85. The molecule has 0 unspecified atom stereocenters. The Kier molecular flexibility index (Phi) is 4.87. The molecule has 2 heterocycles. The van der Waals surface area contributed by atoms with Crippen LogP contribution in [0.15, 0.2) is 11.2 Å². The predicted molar refractivity (Wildman–Crippen MR) is 74.6 cm³/mol. The van der Waals surface area contributed by atoms with Crippen LogP contribution in [0.3, 0.4) is 0 Å². The SMILES string of the molecule is Cc1ncc(CO)c(C=NCC2CCNCC2)c1O. The summed E-state index contributed by atoms with van der Waals surface area (Å²) in [6.45, 7) is 4.48. The monoisotopic (exact) mass is 263 g/mol. The molecular weight excluding hydrogens is 242 g/mol. The highest BCUT2D eigenvalue weighted by Crippen LogP contribution is 2.22. The second-order valence-corrected chi connectivity index (χ2v) is 4.98. The molecular formula is C14H21N3O2. The van der Waals surface area contributed by atoms with Gasteiger partial charge in [0.25, 0.3) is 0 Å². The number of aryl methyl sites for hydroxylation is 1. The summed E-state index contributed by atoms with van der Waals surface area (Å²) in [7, 11) is 0. The molecule has 0 aromatic carbocycles. The van der Waals surface area contributed by atoms with Crippen LogP contribution in [0.25, 0.3) is 0 Å². The molecule has 1 aromatic heterocycles. The van der Waals surface area contributed by atoms with Gasteiger partial charge in [-0.1, -0.05) is 0 Å². The zero-order chi connectivity index (χ0) is 13.7. The van der Waals surface area contributed by atoms with Crippen molar-refractivity contribution in [3.63, 3.8) is 0 Å². The Bertz CT molecular complexity index is 454. The molecule has 1 aliphatic heterocycles. The van der Waals surface area contributed by atoms with E-state index in [4.69, 9.17) is 0 Å². The summed E-state index contributed by atoms with van der Waals surface area (Å²) < 4.78 is 0. The Morgan fingerprint density at radius 2 is 2.21 bits per heavy atom. The molecule has 5 heteroatoms. The van der Waals surface area contributed by atoms with Crippen molar-refractivity contribution in [3.8, 4) is 5.75 Å². The van der Waals surface area contributed by atoms with Crippen LogP contribution in [0.5, 0.6) is 5.75 Å². The van der Waals surface area contributed by atoms with Gasteiger partial charge in [0.05, 0.1) is 12.3 Å². The fraction of sp³-hybridized carbons (Fsp3) is 0.571. The minimum Gasteiger partial charge on any atom is -0.505 e. The van der Waals surface area contributed by atoms with Crippen molar-refractivity contribution in [2.24, 2.45) is 10.9 Å². The van der Waals surface area contributed by atoms with Gasteiger partial charge in [0.15, 0.2) is 0 Å². The van der Waals surface area contributed by atoms with Crippen LogP contribution in [0.1, 0.15) is 29.7 Å². The minimum atomic E-state index is -0.143. The summed E-state index contributed by atoms with van der Waals surface area (Å²) in [6.07, 6.45) is 5.54. The van der Waals surface area contributed by atoms with Crippen LogP contribution in [-0.2, 0) is 6.61 Å². The third kappa shape index (κ3) is 3.52. The maximum absolute atomic E-state index is 9.97. The lowest BCUT2D eigenvalue weighted by Crippen LogP contribution is -2.29. The summed E-state index contributed by atoms with van der Waals surface area (Å²) in [5, 5.41) is 22.6. The topological polar surface area (TPSA) is 77.7 Å². The number of hydrogen-bond acceptors (Lipinski definition) is 5. The van der Waals surface area contributed by atoms with E-state index in [1.54, 1.807) is 19.3 Å². The molecule has 1 aromatic rings. The van der Waals surface area contributed by atoms with Gasteiger partial charge in [-0.25, -0.2) is 0 Å². The van der Waals surface area contributed by atoms with Gasteiger partial charge >= 0.3 is 0 Å². The molecule has 0 amide bonds. The van der Waals surface area contributed by atoms with Gasteiger partial charge in [-0.15, -0.1) is 0 Å². The molecule has 0 aliphatic carbocycles. The van der Waals surface area contributed by atoms with Gasteiger partial charge < -0.3 is 15.5 Å². The van der Waals surface area contributed by atoms with Gasteiger partial charge in [-0.2, -0.15) is 0 Å². The zero-order valence-corrected chi connectivity index (χ0v) is 11.3. The number of piperidine rings is 1. The maximum Gasteiger partial charge on any atom is 0.145 e. The van der Waals surface area contributed by atoms with Crippen LogP contribution in [0, 0.1) is 12.8 Å². The third-order valence-electron chi connectivity index (χ3n) is 3.57. The Balaban J connectivity index is 2.06. The van der Waals surface area contributed by atoms with Gasteiger partial charge in [0.1, 0.15) is 5.75 Å². The summed E-state index contributed by atoms with van der Waals surface area (Å²) in [5.74, 6) is 0.723. The van der Waals surface area contributed by atoms with E-state index in [2.05, 4.69) is 15.3 Å². The fourth-order valence-electron chi connectivity index (χ4n) is 2.28. The molecule has 0 radical (unpaired) electrons. The fourth-order valence-corrected chi connectivity index (χ4v) is 2.28. The number of aliphatic hydroxyl groups is 1. The van der Waals surface area contributed by atoms with E-state index in [0.29, 0.717) is 22.7 Å². The van der Waals surface area contributed by atoms with Crippen LogP contribution in [-0.4, -0.2) is 41.0 Å². The first-order valence-electron chi connectivity index (χ1n) is 6.71. The van der Waals surface area contributed by atoms with Crippen molar-refractivity contribution < 1.29 is 10.2 Å². The molecule has 1 saturated heterocycles. The van der Waals surface area contributed by atoms with Crippen molar-refractivity contribution in [1.29, 1.82) is 0 Å². The van der Waals surface area contributed by atoms with Crippen LogP contribution in [0.4, 0.5) is 0 Å². The molecule has 0 saturated carbocycles. The van der Waals surface area contributed by atoms with Crippen molar-refractivity contribution in [2.45, 2.75) is 26.4 Å². The van der Waals surface area contributed by atoms with Crippen LogP contribution in [0.2, 0.25) is 0 Å². The number of pyridine rings is 1. The lowest BCUT2D eigenvalue weighted by atomic mass is 9.98. The first-order chi connectivity index (χ1) is 9.22. The number of rotatable bonds is 4. The third-order valence-corrected chi connectivity index (χ3v) is 3.57. The first kappa shape index (κ1) is 14.0. The summed E-state index contributed by atoms with van der Waals surface area (Å²) in [6, 6.07) is 0. The van der Waals surface area contributed by atoms with Crippen LogP contribution < -0.4 is 5.32 Å². The number of aromatic nitrogens is 1. The van der Waals surface area contributed by atoms with Crippen molar-refractivity contribution in [2.75, 3.05) is 19.6 Å². The second kappa shape index (κ2) is 6.63. The van der Waals surface area contributed by atoms with Gasteiger partial charge in [0, 0.05) is 30.1 Å². The normalized spacial score (nSPS) is 17.2. The highest BCUT2D eigenvalue weighted by Gasteiger charge is 2.12. The van der Waals surface area contributed by atoms with Crippen molar-refractivity contribution in [1.82, 2.24) is 10.3 Å². The van der Waals surface area contributed by atoms with Gasteiger partial charge in [-0.3, -0.25) is 9.98 Å². The average molecular weight is 263 g/mol. The number of nitrogens with one attached hydrogen (secondary N) is 1. The quantitative estimate of drug-likeness (QED) is 0.708. The molecule has 1 fully saturated rings. The number of nitrogens with zero attached hydrogens (tertiary/aromatic N) is 2. The summed E-state index contributed by atoms with van der Waals surface area (Å²) in [4.78, 5) is 8.45. The molecule has 0 spiro atoms. The van der Waals surface area contributed by atoms with E-state index < -0.39 is 0 Å². The van der Waals surface area contributed by atoms with Gasteiger partial charge in [0.2, 0.25) is 0 Å². The van der Waals surface area contributed by atoms with E-state index in [1.165, 1.54) is 0 Å². The van der Waals surface area contributed by atoms with E-state index in [1.807, 2.05) is 0 Å². The lowest BCUT2D eigenvalue weighted by molar-refractivity contribution is 0.280. The zero-order valence-electron chi connectivity index (χ0n) is 11.3. The van der Waals surface area contributed by atoms with Gasteiger partial charge in [-0.05, 0) is 38.8 Å². The Hall–Kier alpha value is -1.46. The number of aromatic hydroxyl groups is 1. The molecule has 1 aliphatic rings. The molecule has 19 heavy (non-hydrogen) atoms. The highest BCUT2D eigenvalue weighted by atomic mass is 16.3. The number of hydrogen-bond donors (Lipinski definition) is 3. The van der Waals surface area contributed by atoms with E-state index >= 15 is 0 Å². The molecule has 2 rings (SSSR count). The number of aliphatic imine (C=N–C) groups is 1. The van der Waals surface area contributed by atoms with Crippen LogP contribution >= 0.6 is 0 Å². The van der Waals surface area contributed by atoms with E-state index in [-0.39, 0.29) is 12.4 Å². The Morgan fingerprint density at radius 3 is 2.89 bits per heavy atom. The van der Waals surface area contributed by atoms with Crippen molar-refractivity contribution >= 4 is 6.21 Å². The largest absolute Gasteiger partial charge is 0.505 e. The van der Waals surface area contributed by atoms with E-state index in [9.17, 15) is 10.2 Å². The number of aliphatic hydroxyl groups excluding tert-OH is 1. The summed E-state index contributed by atoms with van der Waals surface area (Å²) in [5.41, 5.74) is 1.75. The first-order valence-corrected chi connectivity index (χ1v) is 6.71. The lowest BCUT2D eigenvalue weighted by Gasteiger charge is -2.20. The predicted octanol–water partition coefficient (Wildman–Crippen LogP) is 1.01. The summed E-state index contributed by atoms with van der Waals surface area (Å²) >= 11 is 0. The molecule has 104 valence electrons. The molecule has 0 atom stereocenters. The standard InChI is InChI=1S/C14H21N3O2/c1-10-14(19)13(12(9-18)7-17-10)8-16-6-11-2-4-15-5-3-11/h7-8,11,15,18-19H,2-6,9H2,1H3. The molecule has 0 bridgehead atoms. The molecule has 5 nitrogen and oxygen atoms in total. The average Bonchev–Trinajstić information content (AvgIpc) is 2.45. The second-order valence-electron chi connectivity index (χ2n) is 4.98. The minimum absolute atomic E-state index is 0.112. The van der Waals surface area contributed by atoms with Crippen molar-refractivity contribution in [3.05, 3.63) is 23.0 Å².